The van der Waals surface area contributed by atoms with Crippen LogP contribution in [0.2, 0.25) is 5.15 Å². The Balaban J connectivity index is 1.87. The smallest absolute Gasteiger partial charge is 0.356 e. The quantitative estimate of drug-likeness (QED) is 0.465. The maximum absolute atomic E-state index is 11.6. The minimum atomic E-state index is -1.14. The average Bonchev–Trinajstić information content (AvgIpc) is 3.18. The largest absolute Gasteiger partial charge is 0.476 e. The number of hydrogen-bond donors (Lipinski definition) is 2. The van der Waals surface area contributed by atoms with Gasteiger partial charge in [-0.15, -0.1) is 0 Å². The Morgan fingerprint density at radius 2 is 2.10 bits per heavy atom. The Labute approximate surface area is 172 Å². The van der Waals surface area contributed by atoms with Gasteiger partial charge in [-0.3, -0.25) is 4.40 Å². The van der Waals surface area contributed by atoms with Gasteiger partial charge in [-0.05, 0) is 37.6 Å². The van der Waals surface area contributed by atoms with Crippen LogP contribution in [0.1, 0.15) is 47.3 Å². The van der Waals surface area contributed by atoms with Crippen LogP contribution in [0.3, 0.4) is 0 Å². The van der Waals surface area contributed by atoms with Crippen molar-refractivity contribution in [3.8, 4) is 0 Å². The SMILES string of the molecule is CCc1nc2c([C@@H](C)Nc3ccc(Cl)nc3C(=O)O)cc(C)cc2c2nccn12. The molecule has 29 heavy (non-hydrogen) atoms. The topological polar surface area (TPSA) is 92.4 Å². The van der Waals surface area contributed by atoms with E-state index in [1.807, 2.05) is 24.4 Å². The fraction of sp³-hybridized carbons (Fsp3) is 0.238. The standard InChI is InChI=1S/C21H20ClN5O2/c1-4-17-26-18-13(9-11(2)10-14(18)20-23-7-8-27(17)20)12(3)24-15-5-6-16(22)25-19(15)21(28)29/h5-10,12,24H,4H2,1-3H3,(H,28,29)/t12-/m1/s1. The van der Waals surface area contributed by atoms with Gasteiger partial charge in [-0.2, -0.15) is 0 Å². The van der Waals surface area contributed by atoms with Crippen LogP contribution < -0.4 is 5.32 Å². The predicted octanol–water partition coefficient (Wildman–Crippen LogP) is 4.67. The van der Waals surface area contributed by atoms with Crippen molar-refractivity contribution in [2.75, 3.05) is 5.32 Å². The molecule has 4 rings (SSSR count). The summed E-state index contributed by atoms with van der Waals surface area (Å²) in [6.07, 6.45) is 4.46. The number of nitrogens with one attached hydrogen (secondary N) is 1. The summed E-state index contributed by atoms with van der Waals surface area (Å²) >= 11 is 5.87. The lowest BCUT2D eigenvalue weighted by atomic mass is 10.0. The molecule has 7 nitrogen and oxygen atoms in total. The second kappa shape index (κ2) is 7.33. The molecule has 2 N–H and O–H groups in total. The molecule has 0 saturated heterocycles. The summed E-state index contributed by atoms with van der Waals surface area (Å²) < 4.78 is 2.01. The number of carbonyl (C=O) groups is 1. The Bertz CT molecular complexity index is 1250. The number of aryl methyl sites for hydroxylation is 2. The highest BCUT2D eigenvalue weighted by Gasteiger charge is 2.19. The summed E-state index contributed by atoms with van der Waals surface area (Å²) in [5, 5.41) is 13.8. The van der Waals surface area contributed by atoms with Crippen LogP contribution in [-0.4, -0.2) is 30.4 Å². The highest BCUT2D eigenvalue weighted by molar-refractivity contribution is 6.29. The van der Waals surface area contributed by atoms with Crippen molar-refractivity contribution in [3.63, 3.8) is 0 Å². The third kappa shape index (κ3) is 3.38. The predicted molar refractivity (Wildman–Crippen MR) is 113 cm³/mol. The first kappa shape index (κ1) is 19.1. The van der Waals surface area contributed by atoms with Crippen LogP contribution in [0.25, 0.3) is 16.6 Å². The van der Waals surface area contributed by atoms with Crippen molar-refractivity contribution < 1.29 is 9.90 Å². The molecule has 0 amide bonds. The first-order valence-corrected chi connectivity index (χ1v) is 9.69. The lowest BCUT2D eigenvalue weighted by Gasteiger charge is -2.20. The first-order chi connectivity index (χ1) is 13.9. The van der Waals surface area contributed by atoms with Gasteiger partial charge >= 0.3 is 5.97 Å². The van der Waals surface area contributed by atoms with Crippen LogP contribution in [0.15, 0.2) is 36.7 Å². The van der Waals surface area contributed by atoms with Crippen LogP contribution in [0, 0.1) is 6.92 Å². The van der Waals surface area contributed by atoms with E-state index in [-0.39, 0.29) is 16.9 Å². The zero-order valence-electron chi connectivity index (χ0n) is 16.3. The summed E-state index contributed by atoms with van der Waals surface area (Å²) in [5.41, 5.74) is 4.05. The summed E-state index contributed by atoms with van der Waals surface area (Å²) in [6.45, 7) is 6.05. The normalized spacial score (nSPS) is 12.4. The lowest BCUT2D eigenvalue weighted by molar-refractivity contribution is 0.0691. The molecule has 0 unspecified atom stereocenters. The Morgan fingerprint density at radius 1 is 1.31 bits per heavy atom. The van der Waals surface area contributed by atoms with E-state index >= 15 is 0 Å². The number of nitrogens with zero attached hydrogens (tertiary/aromatic N) is 4. The molecule has 8 heteroatoms. The molecular formula is C21H20ClN5O2. The van der Waals surface area contributed by atoms with Crippen LogP contribution in [0.4, 0.5) is 5.69 Å². The molecule has 0 fully saturated rings. The highest BCUT2D eigenvalue weighted by atomic mass is 35.5. The number of hydrogen-bond acceptors (Lipinski definition) is 5. The third-order valence-electron chi connectivity index (χ3n) is 4.90. The molecule has 4 aromatic rings. The number of aromatic nitrogens is 4. The molecule has 0 aliphatic rings. The molecule has 148 valence electrons. The molecule has 0 saturated carbocycles. The number of carboxylic acids is 1. The van der Waals surface area contributed by atoms with Crippen molar-refractivity contribution >= 4 is 39.8 Å². The zero-order chi connectivity index (χ0) is 20.7. The molecule has 1 aromatic carbocycles. The zero-order valence-corrected chi connectivity index (χ0v) is 17.0. The molecule has 3 aromatic heterocycles. The van der Waals surface area contributed by atoms with Crippen molar-refractivity contribution in [1.29, 1.82) is 0 Å². The van der Waals surface area contributed by atoms with Gasteiger partial charge in [0.15, 0.2) is 5.69 Å². The van der Waals surface area contributed by atoms with E-state index in [9.17, 15) is 9.90 Å². The van der Waals surface area contributed by atoms with Crippen LogP contribution >= 0.6 is 11.6 Å². The molecule has 0 aliphatic heterocycles. The molecule has 0 bridgehead atoms. The number of benzene rings is 1. The number of anilines is 1. The van der Waals surface area contributed by atoms with Gasteiger partial charge in [-0.1, -0.05) is 24.6 Å². The van der Waals surface area contributed by atoms with E-state index in [1.54, 1.807) is 18.3 Å². The third-order valence-corrected chi connectivity index (χ3v) is 5.11. The van der Waals surface area contributed by atoms with E-state index < -0.39 is 5.97 Å². The first-order valence-electron chi connectivity index (χ1n) is 9.31. The van der Waals surface area contributed by atoms with Gasteiger partial charge in [0.2, 0.25) is 0 Å². The summed E-state index contributed by atoms with van der Waals surface area (Å²) in [4.78, 5) is 24.9. The highest BCUT2D eigenvalue weighted by Crippen LogP contribution is 2.30. The Morgan fingerprint density at radius 3 is 2.83 bits per heavy atom. The van der Waals surface area contributed by atoms with Crippen LogP contribution in [0.5, 0.6) is 0 Å². The van der Waals surface area contributed by atoms with Gasteiger partial charge in [0, 0.05) is 29.8 Å². The second-order valence-electron chi connectivity index (χ2n) is 6.95. The van der Waals surface area contributed by atoms with Crippen molar-refractivity contribution in [1.82, 2.24) is 19.4 Å². The molecule has 0 radical (unpaired) electrons. The van der Waals surface area contributed by atoms with Crippen molar-refractivity contribution in [2.45, 2.75) is 33.2 Å². The maximum Gasteiger partial charge on any atom is 0.356 e. The molecule has 0 aliphatic carbocycles. The van der Waals surface area contributed by atoms with E-state index in [4.69, 9.17) is 16.6 Å². The van der Waals surface area contributed by atoms with Gasteiger partial charge in [0.25, 0.3) is 0 Å². The fourth-order valence-corrected chi connectivity index (χ4v) is 3.75. The fourth-order valence-electron chi connectivity index (χ4n) is 3.60. The van der Waals surface area contributed by atoms with Gasteiger partial charge in [0.1, 0.15) is 16.6 Å². The second-order valence-corrected chi connectivity index (χ2v) is 7.34. The number of carboxylic acid groups (broad SMARTS) is 1. The minimum Gasteiger partial charge on any atom is -0.476 e. The lowest BCUT2D eigenvalue weighted by Crippen LogP contribution is -2.13. The molecule has 3 heterocycles. The van der Waals surface area contributed by atoms with Gasteiger partial charge in [-0.25, -0.2) is 19.7 Å². The van der Waals surface area contributed by atoms with E-state index in [2.05, 4.69) is 34.3 Å². The van der Waals surface area contributed by atoms with Crippen molar-refractivity contribution in [3.05, 3.63) is 64.5 Å². The number of aromatic carboxylic acids is 1. The number of imidazole rings is 1. The van der Waals surface area contributed by atoms with Gasteiger partial charge < -0.3 is 10.4 Å². The average molecular weight is 410 g/mol. The Hall–Kier alpha value is -3.19. The number of rotatable bonds is 5. The summed E-state index contributed by atoms with van der Waals surface area (Å²) in [7, 11) is 0. The molecule has 0 spiro atoms. The van der Waals surface area contributed by atoms with E-state index in [1.165, 1.54) is 0 Å². The summed E-state index contributed by atoms with van der Waals surface area (Å²) in [5.74, 6) is -0.219. The Kier molecular flexibility index (Phi) is 4.84. The van der Waals surface area contributed by atoms with Gasteiger partial charge in [0.05, 0.1) is 17.2 Å². The van der Waals surface area contributed by atoms with Crippen molar-refractivity contribution in [2.24, 2.45) is 0 Å². The van der Waals surface area contributed by atoms with E-state index in [0.717, 1.165) is 39.9 Å². The minimum absolute atomic E-state index is 0.112. The van der Waals surface area contributed by atoms with E-state index in [0.29, 0.717) is 5.69 Å². The van der Waals surface area contributed by atoms with Crippen LogP contribution in [-0.2, 0) is 6.42 Å². The monoisotopic (exact) mass is 409 g/mol. The number of fused-ring (bicyclic) bond motifs is 3. The number of halogens is 1. The summed E-state index contributed by atoms with van der Waals surface area (Å²) in [6, 6.07) is 7.12. The number of pyridine rings is 1. The maximum atomic E-state index is 11.6. The molecular weight excluding hydrogens is 390 g/mol. The molecule has 1 atom stereocenters.